The van der Waals surface area contributed by atoms with Crippen LogP contribution in [0.2, 0.25) is 0 Å². The molecule has 2 aliphatic rings. The number of thiazole rings is 1. The number of halogens is 1. The minimum atomic E-state index is -0.629. The molecule has 0 spiro atoms. The number of allylic oxidation sites excluding steroid dienone is 1. The molecule has 7 nitrogen and oxygen atoms in total. The first-order valence-corrected chi connectivity index (χ1v) is 14.3. The van der Waals surface area contributed by atoms with E-state index in [2.05, 4.69) is 41.9 Å². The zero-order chi connectivity index (χ0) is 27.0. The summed E-state index contributed by atoms with van der Waals surface area (Å²) in [7, 11) is 0. The van der Waals surface area contributed by atoms with E-state index in [1.165, 1.54) is 16.9 Å². The number of aromatic nitrogens is 1. The number of carbonyl (C=O) groups excluding carboxylic acids is 1. The van der Waals surface area contributed by atoms with Crippen molar-refractivity contribution in [3.63, 3.8) is 0 Å². The van der Waals surface area contributed by atoms with Crippen LogP contribution in [-0.4, -0.2) is 23.9 Å². The maximum atomic E-state index is 13.9. The van der Waals surface area contributed by atoms with Gasteiger partial charge in [0.25, 0.3) is 5.56 Å². The molecule has 0 aliphatic carbocycles. The lowest BCUT2D eigenvalue weighted by Crippen LogP contribution is -2.40. The zero-order valence-electron chi connectivity index (χ0n) is 21.7. The lowest BCUT2D eigenvalue weighted by atomic mass is 9.92. The van der Waals surface area contributed by atoms with E-state index in [-0.39, 0.29) is 19.0 Å². The first-order chi connectivity index (χ1) is 18.3. The van der Waals surface area contributed by atoms with Gasteiger partial charge in [0.15, 0.2) is 16.3 Å². The average molecular weight is 598 g/mol. The van der Waals surface area contributed by atoms with Gasteiger partial charge in [0.1, 0.15) is 0 Å². The minimum absolute atomic E-state index is 0.167. The number of benzene rings is 2. The molecule has 0 saturated heterocycles. The fourth-order valence-corrected chi connectivity index (χ4v) is 6.13. The topological polar surface area (TPSA) is 79.1 Å². The molecule has 0 saturated carbocycles. The summed E-state index contributed by atoms with van der Waals surface area (Å²) in [5, 5.41) is 0. The molecule has 1 atom stereocenters. The van der Waals surface area contributed by atoms with Crippen molar-refractivity contribution in [2.24, 2.45) is 4.99 Å². The Morgan fingerprint density at radius 3 is 2.58 bits per heavy atom. The predicted octanol–water partition coefficient (Wildman–Crippen LogP) is 5.19. The Morgan fingerprint density at radius 1 is 1.21 bits per heavy atom. The predicted molar refractivity (Wildman–Crippen MR) is 150 cm³/mol. The van der Waals surface area contributed by atoms with Crippen molar-refractivity contribution < 1.29 is 19.0 Å². The number of rotatable bonds is 7. The van der Waals surface area contributed by atoms with Gasteiger partial charge < -0.3 is 14.2 Å². The Kier molecular flexibility index (Phi) is 7.59. The second kappa shape index (κ2) is 10.9. The summed E-state index contributed by atoms with van der Waals surface area (Å²) in [6.07, 6.45) is 3.23. The number of esters is 1. The van der Waals surface area contributed by atoms with E-state index < -0.39 is 12.0 Å². The molecular weight excluding hydrogens is 568 g/mol. The largest absolute Gasteiger partial charge is 0.463 e. The molecule has 2 aliphatic heterocycles. The summed E-state index contributed by atoms with van der Waals surface area (Å²) < 4.78 is 19.4. The van der Waals surface area contributed by atoms with E-state index in [0.717, 1.165) is 22.0 Å². The third-order valence-corrected chi connectivity index (χ3v) is 8.26. The van der Waals surface area contributed by atoms with Crippen molar-refractivity contribution in [2.45, 2.75) is 52.5 Å². The second-order valence-electron chi connectivity index (χ2n) is 9.46. The molecule has 38 heavy (non-hydrogen) atoms. The third-order valence-electron chi connectivity index (χ3n) is 6.59. The molecule has 0 bridgehead atoms. The van der Waals surface area contributed by atoms with Crippen LogP contribution >= 0.6 is 27.3 Å². The van der Waals surface area contributed by atoms with Crippen molar-refractivity contribution in [2.75, 3.05) is 13.4 Å². The third kappa shape index (κ3) is 4.85. The highest BCUT2D eigenvalue weighted by atomic mass is 79.9. The molecule has 3 aromatic rings. The van der Waals surface area contributed by atoms with Gasteiger partial charge >= 0.3 is 5.97 Å². The molecule has 1 aromatic heterocycles. The number of hydrogen-bond acceptors (Lipinski definition) is 7. The van der Waals surface area contributed by atoms with Crippen LogP contribution in [0.3, 0.4) is 0 Å². The highest BCUT2D eigenvalue weighted by Crippen LogP contribution is 2.37. The lowest BCUT2D eigenvalue weighted by molar-refractivity contribution is -0.139. The van der Waals surface area contributed by atoms with Crippen LogP contribution in [0.1, 0.15) is 69.2 Å². The Labute approximate surface area is 233 Å². The lowest BCUT2D eigenvalue weighted by Gasteiger charge is -2.26. The van der Waals surface area contributed by atoms with Gasteiger partial charge in [0.2, 0.25) is 6.79 Å². The van der Waals surface area contributed by atoms with Crippen LogP contribution in [0, 0.1) is 0 Å². The summed E-state index contributed by atoms with van der Waals surface area (Å²) in [5.41, 5.74) is 3.70. The normalized spacial score (nSPS) is 16.6. The minimum Gasteiger partial charge on any atom is -0.463 e. The van der Waals surface area contributed by atoms with Crippen LogP contribution in [0.25, 0.3) is 6.08 Å². The highest BCUT2D eigenvalue weighted by molar-refractivity contribution is 9.10. The van der Waals surface area contributed by atoms with Gasteiger partial charge in [-0.05, 0) is 54.2 Å². The van der Waals surface area contributed by atoms with Gasteiger partial charge in [-0.2, -0.15) is 0 Å². The van der Waals surface area contributed by atoms with Gasteiger partial charge in [-0.3, -0.25) is 9.36 Å². The number of fused-ring (bicyclic) bond motifs is 2. The van der Waals surface area contributed by atoms with Gasteiger partial charge in [0.05, 0.1) is 28.5 Å². The molecule has 2 aromatic carbocycles. The van der Waals surface area contributed by atoms with E-state index >= 15 is 0 Å². The molecule has 9 heteroatoms. The smallest absolute Gasteiger partial charge is 0.338 e. The summed E-state index contributed by atoms with van der Waals surface area (Å²) in [6, 6.07) is 11.2. The average Bonchev–Trinajstić information content (AvgIpc) is 3.47. The van der Waals surface area contributed by atoms with E-state index in [1.807, 2.05) is 37.3 Å². The molecule has 198 valence electrons. The van der Waals surface area contributed by atoms with E-state index in [0.29, 0.717) is 44.4 Å². The molecule has 0 amide bonds. The van der Waals surface area contributed by atoms with Crippen LogP contribution in [0.4, 0.5) is 0 Å². The summed E-state index contributed by atoms with van der Waals surface area (Å²) in [4.78, 5) is 32.7. The van der Waals surface area contributed by atoms with Gasteiger partial charge in [-0.25, -0.2) is 9.79 Å². The number of hydrogen-bond donors (Lipinski definition) is 0. The molecule has 0 fully saturated rings. The zero-order valence-corrected chi connectivity index (χ0v) is 24.1. The van der Waals surface area contributed by atoms with E-state index in [4.69, 9.17) is 19.2 Å². The van der Waals surface area contributed by atoms with Gasteiger partial charge in [0, 0.05) is 4.47 Å². The molecule has 3 heterocycles. The first kappa shape index (κ1) is 26.4. The van der Waals surface area contributed by atoms with Crippen molar-refractivity contribution in [1.82, 2.24) is 4.57 Å². The molecule has 0 N–H and O–H groups in total. The summed E-state index contributed by atoms with van der Waals surface area (Å²) in [5.74, 6) is 1.21. The van der Waals surface area contributed by atoms with Crippen molar-refractivity contribution in [1.29, 1.82) is 0 Å². The Morgan fingerprint density at radius 2 is 1.92 bits per heavy atom. The van der Waals surface area contributed by atoms with Crippen molar-refractivity contribution in [3.8, 4) is 11.5 Å². The van der Waals surface area contributed by atoms with Crippen LogP contribution in [0.15, 0.2) is 61.9 Å². The SMILES string of the molecule is CCCC1=C(C(=O)OCC)[C@@H](c2ccc(C(C)C)cc2)n2c(s/c(=C\c3cc4c(cc3Br)OCO4)c2=O)=N1. The molecule has 5 rings (SSSR count). The Balaban J connectivity index is 1.73. The van der Waals surface area contributed by atoms with Gasteiger partial charge in [-0.1, -0.05) is 78.7 Å². The number of carbonyl (C=O) groups is 1. The Bertz CT molecular complexity index is 1600. The van der Waals surface area contributed by atoms with E-state index in [9.17, 15) is 9.59 Å². The fourth-order valence-electron chi connectivity index (χ4n) is 4.68. The first-order valence-electron chi connectivity index (χ1n) is 12.7. The monoisotopic (exact) mass is 596 g/mol. The highest BCUT2D eigenvalue weighted by Gasteiger charge is 2.34. The quantitative estimate of drug-likeness (QED) is 0.351. The summed E-state index contributed by atoms with van der Waals surface area (Å²) >= 11 is 4.89. The van der Waals surface area contributed by atoms with Crippen LogP contribution in [-0.2, 0) is 9.53 Å². The number of nitrogens with zero attached hydrogens (tertiary/aromatic N) is 2. The van der Waals surface area contributed by atoms with Gasteiger partial charge in [-0.15, -0.1) is 0 Å². The second-order valence-corrected chi connectivity index (χ2v) is 11.3. The van der Waals surface area contributed by atoms with Crippen molar-refractivity contribution in [3.05, 3.63) is 88.5 Å². The summed E-state index contributed by atoms with van der Waals surface area (Å²) in [6.45, 7) is 8.50. The maximum Gasteiger partial charge on any atom is 0.338 e. The van der Waals surface area contributed by atoms with Crippen molar-refractivity contribution >= 4 is 39.3 Å². The molecular formula is C29H29BrN2O5S. The van der Waals surface area contributed by atoms with Crippen LogP contribution < -0.4 is 24.4 Å². The van der Waals surface area contributed by atoms with E-state index in [1.54, 1.807) is 11.5 Å². The van der Waals surface area contributed by atoms with Crippen LogP contribution in [0.5, 0.6) is 11.5 Å². The number of ether oxygens (including phenoxy) is 3. The molecule has 0 radical (unpaired) electrons. The standard InChI is InChI=1S/C29H29BrN2O5S/c1-5-7-21-25(28(34)35-6-2)26(18-10-8-17(9-11-18)16(3)4)32-27(33)24(38-29(32)31-21)13-19-12-22-23(14-20(19)30)37-15-36-22/h8-14,16,26H,5-7,15H2,1-4H3/b24-13-/t26-/m1/s1. The fraction of sp³-hybridized carbons (Fsp3) is 0.345. The Hall–Kier alpha value is -3.17. The molecule has 0 unspecified atom stereocenters. The maximum absolute atomic E-state index is 13.9.